The van der Waals surface area contributed by atoms with Crippen LogP contribution in [0.25, 0.3) is 0 Å². The van der Waals surface area contributed by atoms with Gasteiger partial charge in [-0.15, -0.1) is 11.8 Å². The standard InChI is InChI=1S/C15H25NOS/c1-5-9-16-11(2)14-7-6-8-15(10-14)18-13(4)12(3)17/h6-8,10-13,16-17H,5,9H2,1-4H3. The maximum Gasteiger partial charge on any atom is 0.0631 e. The molecule has 0 radical (unpaired) electrons. The maximum absolute atomic E-state index is 9.54. The zero-order valence-corrected chi connectivity index (χ0v) is 12.6. The van der Waals surface area contributed by atoms with Gasteiger partial charge in [-0.1, -0.05) is 26.0 Å². The van der Waals surface area contributed by atoms with Crippen LogP contribution in [0, 0.1) is 0 Å². The zero-order valence-electron chi connectivity index (χ0n) is 11.8. The van der Waals surface area contributed by atoms with Crippen molar-refractivity contribution in [2.45, 2.75) is 56.4 Å². The minimum Gasteiger partial charge on any atom is -0.392 e. The first kappa shape index (κ1) is 15.5. The fourth-order valence-electron chi connectivity index (χ4n) is 1.65. The molecule has 0 saturated heterocycles. The van der Waals surface area contributed by atoms with Gasteiger partial charge in [0.05, 0.1) is 6.10 Å². The minimum absolute atomic E-state index is 0.221. The normalized spacial score (nSPS) is 16.3. The van der Waals surface area contributed by atoms with Gasteiger partial charge in [0.25, 0.3) is 0 Å². The van der Waals surface area contributed by atoms with Crippen LogP contribution in [0.5, 0.6) is 0 Å². The number of aliphatic hydroxyl groups excluding tert-OH is 1. The van der Waals surface area contributed by atoms with Crippen LogP contribution in [0.4, 0.5) is 0 Å². The first-order valence-electron chi connectivity index (χ1n) is 6.72. The summed E-state index contributed by atoms with van der Waals surface area (Å²) in [7, 11) is 0. The number of nitrogens with one attached hydrogen (secondary N) is 1. The monoisotopic (exact) mass is 267 g/mol. The van der Waals surface area contributed by atoms with Crippen molar-refractivity contribution >= 4 is 11.8 Å². The molecule has 0 bridgehead atoms. The van der Waals surface area contributed by atoms with Crippen LogP contribution >= 0.6 is 11.8 Å². The molecular weight excluding hydrogens is 242 g/mol. The van der Waals surface area contributed by atoms with E-state index in [0.29, 0.717) is 6.04 Å². The third-order valence-corrected chi connectivity index (χ3v) is 4.35. The molecule has 0 aliphatic rings. The van der Waals surface area contributed by atoms with E-state index in [-0.39, 0.29) is 11.4 Å². The maximum atomic E-state index is 9.54. The molecule has 1 rings (SSSR count). The summed E-state index contributed by atoms with van der Waals surface area (Å²) in [5.41, 5.74) is 1.31. The molecule has 2 N–H and O–H groups in total. The van der Waals surface area contributed by atoms with Crippen molar-refractivity contribution in [3.63, 3.8) is 0 Å². The average molecular weight is 267 g/mol. The van der Waals surface area contributed by atoms with Crippen molar-refractivity contribution in [2.75, 3.05) is 6.54 Å². The number of hydrogen-bond acceptors (Lipinski definition) is 3. The number of rotatable bonds is 7. The van der Waals surface area contributed by atoms with Crippen LogP contribution < -0.4 is 5.32 Å². The highest BCUT2D eigenvalue weighted by Gasteiger charge is 2.11. The van der Waals surface area contributed by atoms with Crippen LogP contribution in [0.15, 0.2) is 29.2 Å². The lowest BCUT2D eigenvalue weighted by atomic mass is 10.1. The molecule has 0 aliphatic carbocycles. The quantitative estimate of drug-likeness (QED) is 0.740. The molecule has 0 heterocycles. The highest BCUT2D eigenvalue weighted by Crippen LogP contribution is 2.27. The molecule has 102 valence electrons. The lowest BCUT2D eigenvalue weighted by molar-refractivity contribution is 0.196. The molecule has 0 saturated carbocycles. The summed E-state index contributed by atoms with van der Waals surface area (Å²) in [4.78, 5) is 1.23. The fourth-order valence-corrected chi connectivity index (χ4v) is 2.64. The van der Waals surface area contributed by atoms with Crippen LogP contribution in [0.1, 0.15) is 45.7 Å². The molecule has 0 amide bonds. The average Bonchev–Trinajstić information content (AvgIpc) is 2.36. The molecule has 3 heteroatoms. The Morgan fingerprint density at radius 2 is 2.00 bits per heavy atom. The highest BCUT2D eigenvalue weighted by molar-refractivity contribution is 8.00. The highest BCUT2D eigenvalue weighted by atomic mass is 32.2. The Labute approximate surface area is 115 Å². The van der Waals surface area contributed by atoms with E-state index in [0.717, 1.165) is 13.0 Å². The van der Waals surface area contributed by atoms with Gasteiger partial charge in [0.2, 0.25) is 0 Å². The fraction of sp³-hybridized carbons (Fsp3) is 0.600. The number of hydrogen-bond donors (Lipinski definition) is 2. The summed E-state index contributed by atoms with van der Waals surface area (Å²) in [5.74, 6) is 0. The predicted molar refractivity (Wildman–Crippen MR) is 80.2 cm³/mol. The Morgan fingerprint density at radius 3 is 2.61 bits per heavy atom. The molecule has 0 aliphatic heterocycles. The SMILES string of the molecule is CCCNC(C)c1cccc(SC(C)C(C)O)c1. The van der Waals surface area contributed by atoms with Crippen LogP contribution in [0.3, 0.4) is 0 Å². The zero-order chi connectivity index (χ0) is 13.5. The van der Waals surface area contributed by atoms with Gasteiger partial charge in [0, 0.05) is 16.2 Å². The minimum atomic E-state index is -0.283. The van der Waals surface area contributed by atoms with Gasteiger partial charge in [0.15, 0.2) is 0 Å². The van der Waals surface area contributed by atoms with Crippen molar-refractivity contribution in [1.82, 2.24) is 5.32 Å². The Balaban J connectivity index is 2.67. The third-order valence-electron chi connectivity index (χ3n) is 3.06. The summed E-state index contributed by atoms with van der Waals surface area (Å²) in [6, 6.07) is 8.96. The predicted octanol–water partition coefficient (Wildman–Crippen LogP) is 3.61. The van der Waals surface area contributed by atoms with Gasteiger partial charge in [-0.3, -0.25) is 0 Å². The Morgan fingerprint density at radius 1 is 1.28 bits per heavy atom. The summed E-state index contributed by atoms with van der Waals surface area (Å²) in [6.45, 7) is 9.31. The molecule has 3 unspecified atom stereocenters. The Hall–Kier alpha value is -0.510. The van der Waals surface area contributed by atoms with Gasteiger partial charge in [-0.05, 0) is 44.5 Å². The van der Waals surface area contributed by atoms with E-state index in [9.17, 15) is 5.11 Å². The molecule has 0 fully saturated rings. The first-order chi connectivity index (χ1) is 8.54. The molecule has 0 spiro atoms. The lowest BCUT2D eigenvalue weighted by Crippen LogP contribution is -2.19. The van der Waals surface area contributed by atoms with E-state index in [2.05, 4.69) is 50.4 Å². The summed E-state index contributed by atoms with van der Waals surface area (Å²) in [6.07, 6.45) is 0.868. The number of thioether (sulfide) groups is 1. The summed E-state index contributed by atoms with van der Waals surface area (Å²) >= 11 is 1.73. The second kappa shape index (κ2) is 7.82. The summed E-state index contributed by atoms with van der Waals surface area (Å²) < 4.78 is 0. The lowest BCUT2D eigenvalue weighted by Gasteiger charge is -2.17. The van der Waals surface area contributed by atoms with Crippen molar-refractivity contribution in [3.8, 4) is 0 Å². The van der Waals surface area contributed by atoms with Gasteiger partial charge in [0.1, 0.15) is 0 Å². The second-order valence-electron chi connectivity index (χ2n) is 4.81. The van der Waals surface area contributed by atoms with Crippen molar-refractivity contribution in [2.24, 2.45) is 0 Å². The molecule has 2 nitrogen and oxygen atoms in total. The number of benzene rings is 1. The Bertz CT molecular complexity index is 354. The van der Waals surface area contributed by atoms with E-state index >= 15 is 0 Å². The van der Waals surface area contributed by atoms with Gasteiger partial charge in [-0.25, -0.2) is 0 Å². The second-order valence-corrected chi connectivity index (χ2v) is 6.26. The van der Waals surface area contributed by atoms with E-state index in [1.165, 1.54) is 10.5 Å². The third kappa shape index (κ3) is 5.01. The van der Waals surface area contributed by atoms with Crippen molar-refractivity contribution in [3.05, 3.63) is 29.8 Å². The molecule has 1 aromatic carbocycles. The topological polar surface area (TPSA) is 32.3 Å². The molecule has 0 aromatic heterocycles. The van der Waals surface area contributed by atoms with Crippen LogP contribution in [0.2, 0.25) is 0 Å². The first-order valence-corrected chi connectivity index (χ1v) is 7.60. The molecule has 1 aromatic rings. The van der Waals surface area contributed by atoms with Gasteiger partial charge >= 0.3 is 0 Å². The molecule has 18 heavy (non-hydrogen) atoms. The van der Waals surface area contributed by atoms with Gasteiger partial charge < -0.3 is 10.4 Å². The summed E-state index contributed by atoms with van der Waals surface area (Å²) in [5, 5.41) is 13.3. The molecular formula is C15H25NOS. The van der Waals surface area contributed by atoms with E-state index in [4.69, 9.17) is 0 Å². The Kier molecular flexibility index (Phi) is 6.76. The van der Waals surface area contributed by atoms with E-state index in [1.807, 2.05) is 6.92 Å². The number of aliphatic hydroxyl groups is 1. The smallest absolute Gasteiger partial charge is 0.0631 e. The van der Waals surface area contributed by atoms with Crippen LogP contribution in [-0.4, -0.2) is 23.0 Å². The van der Waals surface area contributed by atoms with Crippen LogP contribution in [-0.2, 0) is 0 Å². The molecule has 3 atom stereocenters. The van der Waals surface area contributed by atoms with Crippen molar-refractivity contribution < 1.29 is 5.11 Å². The van der Waals surface area contributed by atoms with Crippen molar-refractivity contribution in [1.29, 1.82) is 0 Å². The largest absolute Gasteiger partial charge is 0.392 e. The van der Waals surface area contributed by atoms with Gasteiger partial charge in [-0.2, -0.15) is 0 Å². The van der Waals surface area contributed by atoms with E-state index < -0.39 is 0 Å². The van der Waals surface area contributed by atoms with E-state index in [1.54, 1.807) is 11.8 Å².